The maximum atomic E-state index is 11.8. The quantitative estimate of drug-likeness (QED) is 0.673. The van der Waals surface area contributed by atoms with Gasteiger partial charge in [-0.05, 0) is 25.7 Å². The highest BCUT2D eigenvalue weighted by atomic mass is 16.4. The maximum Gasteiger partial charge on any atom is 0.305 e. The molecule has 4 N–H and O–H groups in total. The number of aliphatic carboxylic acids is 1. The molecule has 0 aromatic rings. The van der Waals surface area contributed by atoms with Gasteiger partial charge in [0.05, 0.1) is 6.42 Å². The number of carbonyl (C=O) groups is 2. The van der Waals surface area contributed by atoms with Gasteiger partial charge in [-0.3, -0.25) is 9.59 Å². The van der Waals surface area contributed by atoms with Crippen LogP contribution in [0.4, 0.5) is 0 Å². The monoisotopic (exact) mass is 258 g/mol. The van der Waals surface area contributed by atoms with E-state index in [1.165, 1.54) is 0 Å². The summed E-state index contributed by atoms with van der Waals surface area (Å²) >= 11 is 0. The van der Waals surface area contributed by atoms with Gasteiger partial charge in [-0.25, -0.2) is 0 Å². The van der Waals surface area contributed by atoms with E-state index in [0.29, 0.717) is 6.42 Å². The van der Waals surface area contributed by atoms with Gasteiger partial charge in [0.2, 0.25) is 5.91 Å². The number of rotatable bonds is 6. The Labute approximate surface area is 109 Å². The van der Waals surface area contributed by atoms with Crippen LogP contribution in [0, 0.1) is 5.41 Å². The number of carboxylic acid groups (broad SMARTS) is 1. The van der Waals surface area contributed by atoms with E-state index < -0.39 is 11.5 Å². The van der Waals surface area contributed by atoms with E-state index in [9.17, 15) is 9.59 Å². The average Bonchev–Trinajstić information content (AvgIpc) is 1.92. The average molecular weight is 258 g/mol. The second-order valence-corrected chi connectivity index (χ2v) is 6.79. The number of hydrogen-bond donors (Lipinski definition) is 3. The minimum Gasteiger partial charge on any atom is -0.481 e. The van der Waals surface area contributed by atoms with Crippen molar-refractivity contribution >= 4 is 11.9 Å². The van der Waals surface area contributed by atoms with Crippen molar-refractivity contribution < 1.29 is 14.7 Å². The van der Waals surface area contributed by atoms with Crippen molar-refractivity contribution in [3.05, 3.63) is 0 Å². The Kier molecular flexibility index (Phi) is 5.80. The lowest BCUT2D eigenvalue weighted by Gasteiger charge is -2.27. The highest BCUT2D eigenvalue weighted by molar-refractivity contribution is 5.78. The molecule has 0 fully saturated rings. The summed E-state index contributed by atoms with van der Waals surface area (Å²) in [5, 5.41) is 11.6. The van der Waals surface area contributed by atoms with Gasteiger partial charge in [0.25, 0.3) is 0 Å². The van der Waals surface area contributed by atoms with Crippen molar-refractivity contribution in [2.24, 2.45) is 11.1 Å². The van der Waals surface area contributed by atoms with Crippen molar-refractivity contribution in [1.82, 2.24) is 5.32 Å². The SMILES string of the molecule is CC(C)(C)CC(CC(=O)O)NC(=O)CC(C)(C)N. The molecule has 5 nitrogen and oxygen atoms in total. The van der Waals surface area contributed by atoms with Crippen molar-refractivity contribution in [3.8, 4) is 0 Å². The van der Waals surface area contributed by atoms with Crippen LogP contribution in [0.25, 0.3) is 0 Å². The van der Waals surface area contributed by atoms with Gasteiger partial charge in [-0.1, -0.05) is 20.8 Å². The minimum absolute atomic E-state index is 0.0361. The first-order valence-corrected chi connectivity index (χ1v) is 6.19. The Morgan fingerprint density at radius 2 is 1.72 bits per heavy atom. The number of carboxylic acids is 1. The summed E-state index contributed by atoms with van der Waals surface area (Å²) in [7, 11) is 0. The standard InChI is InChI=1S/C13H26N2O3/c1-12(2,3)7-9(6-11(17)18)15-10(16)8-13(4,5)14/h9H,6-8,14H2,1-5H3,(H,15,16)(H,17,18). The van der Waals surface area contributed by atoms with Gasteiger partial charge in [0.1, 0.15) is 0 Å². The van der Waals surface area contributed by atoms with Crippen LogP contribution in [0.5, 0.6) is 0 Å². The first kappa shape index (κ1) is 16.9. The molecule has 0 saturated heterocycles. The van der Waals surface area contributed by atoms with Crippen molar-refractivity contribution in [1.29, 1.82) is 0 Å². The number of nitrogens with one attached hydrogen (secondary N) is 1. The van der Waals surface area contributed by atoms with E-state index in [0.717, 1.165) is 0 Å². The summed E-state index contributed by atoms with van der Waals surface area (Å²) in [4.78, 5) is 22.5. The maximum absolute atomic E-state index is 11.8. The Hall–Kier alpha value is -1.10. The summed E-state index contributed by atoms with van der Waals surface area (Å²) in [6.07, 6.45) is 0.747. The van der Waals surface area contributed by atoms with Crippen molar-refractivity contribution in [2.45, 2.75) is 65.5 Å². The molecule has 0 aromatic heterocycles. The third-order valence-electron chi connectivity index (χ3n) is 2.26. The number of carbonyl (C=O) groups excluding carboxylic acids is 1. The van der Waals surface area contributed by atoms with Gasteiger partial charge in [-0.2, -0.15) is 0 Å². The summed E-state index contributed by atoms with van der Waals surface area (Å²) < 4.78 is 0. The predicted molar refractivity (Wildman–Crippen MR) is 71.1 cm³/mol. The summed E-state index contributed by atoms with van der Waals surface area (Å²) in [6.45, 7) is 9.58. The zero-order valence-corrected chi connectivity index (χ0v) is 12.0. The third kappa shape index (κ3) is 10.1. The third-order valence-corrected chi connectivity index (χ3v) is 2.26. The minimum atomic E-state index is -0.906. The lowest BCUT2D eigenvalue weighted by atomic mass is 9.87. The molecule has 106 valence electrons. The Morgan fingerprint density at radius 3 is 2.06 bits per heavy atom. The zero-order valence-electron chi connectivity index (χ0n) is 12.0. The summed E-state index contributed by atoms with van der Waals surface area (Å²) in [5.41, 5.74) is 5.14. The van der Waals surface area contributed by atoms with E-state index in [1.807, 2.05) is 20.8 Å². The first-order valence-electron chi connectivity index (χ1n) is 6.19. The smallest absolute Gasteiger partial charge is 0.305 e. The summed E-state index contributed by atoms with van der Waals surface area (Å²) in [5.74, 6) is -1.10. The molecule has 0 aliphatic heterocycles. The molecule has 0 aliphatic carbocycles. The molecule has 0 heterocycles. The van der Waals surface area contributed by atoms with Crippen LogP contribution in [0.2, 0.25) is 0 Å². The second kappa shape index (κ2) is 6.18. The van der Waals surface area contributed by atoms with Gasteiger partial charge >= 0.3 is 5.97 Å². The topological polar surface area (TPSA) is 92.4 Å². The van der Waals surface area contributed by atoms with Crippen LogP contribution in [-0.2, 0) is 9.59 Å². The number of nitrogens with two attached hydrogens (primary N) is 1. The van der Waals surface area contributed by atoms with Crippen LogP contribution >= 0.6 is 0 Å². The molecule has 0 saturated carbocycles. The lowest BCUT2D eigenvalue weighted by molar-refractivity contribution is -0.137. The van der Waals surface area contributed by atoms with E-state index in [1.54, 1.807) is 13.8 Å². The van der Waals surface area contributed by atoms with Crippen LogP contribution in [-0.4, -0.2) is 28.6 Å². The first-order chi connectivity index (χ1) is 7.89. The fourth-order valence-corrected chi connectivity index (χ4v) is 1.82. The largest absolute Gasteiger partial charge is 0.481 e. The molecule has 0 aliphatic rings. The molecular weight excluding hydrogens is 232 g/mol. The van der Waals surface area contributed by atoms with Crippen molar-refractivity contribution in [2.75, 3.05) is 0 Å². The van der Waals surface area contributed by atoms with Crippen LogP contribution in [0.15, 0.2) is 0 Å². The van der Waals surface area contributed by atoms with E-state index >= 15 is 0 Å². The van der Waals surface area contributed by atoms with Gasteiger partial charge in [-0.15, -0.1) is 0 Å². The molecule has 18 heavy (non-hydrogen) atoms. The van der Waals surface area contributed by atoms with Crippen LogP contribution in [0.1, 0.15) is 53.9 Å². The Balaban J connectivity index is 4.50. The fourth-order valence-electron chi connectivity index (χ4n) is 1.82. The molecule has 0 spiro atoms. The fraction of sp³-hybridized carbons (Fsp3) is 0.846. The van der Waals surface area contributed by atoms with Gasteiger partial charge in [0, 0.05) is 18.0 Å². The normalized spacial score (nSPS) is 14.1. The molecule has 0 rings (SSSR count). The summed E-state index contributed by atoms with van der Waals surface area (Å²) in [6, 6.07) is -0.350. The Morgan fingerprint density at radius 1 is 1.22 bits per heavy atom. The predicted octanol–water partition coefficient (Wildman–Crippen LogP) is 1.51. The second-order valence-electron chi connectivity index (χ2n) is 6.79. The van der Waals surface area contributed by atoms with Crippen LogP contribution < -0.4 is 11.1 Å². The molecule has 0 radical (unpaired) electrons. The molecular formula is C13H26N2O3. The van der Waals surface area contributed by atoms with Crippen LogP contribution in [0.3, 0.4) is 0 Å². The molecule has 1 unspecified atom stereocenters. The molecule has 0 bridgehead atoms. The zero-order chi connectivity index (χ0) is 14.6. The molecule has 0 aromatic carbocycles. The number of amides is 1. The highest BCUT2D eigenvalue weighted by Gasteiger charge is 2.24. The Bertz CT molecular complexity index is 300. The number of hydrogen-bond acceptors (Lipinski definition) is 3. The van der Waals surface area contributed by atoms with E-state index in [4.69, 9.17) is 10.8 Å². The van der Waals surface area contributed by atoms with Gasteiger partial charge < -0.3 is 16.2 Å². The van der Waals surface area contributed by atoms with E-state index in [2.05, 4.69) is 5.32 Å². The van der Waals surface area contributed by atoms with Gasteiger partial charge in [0.15, 0.2) is 0 Å². The van der Waals surface area contributed by atoms with Crippen molar-refractivity contribution in [3.63, 3.8) is 0 Å². The molecule has 1 amide bonds. The molecule has 5 heteroatoms. The lowest BCUT2D eigenvalue weighted by Crippen LogP contribution is -2.44. The van der Waals surface area contributed by atoms with E-state index in [-0.39, 0.29) is 30.2 Å². The molecule has 1 atom stereocenters. The highest BCUT2D eigenvalue weighted by Crippen LogP contribution is 2.22.